The Kier molecular flexibility index (Phi) is 2.63. The Morgan fingerprint density at radius 3 is 2.50 bits per heavy atom. The number of rotatable bonds is 3. The standard InChI is InChI=1S/C9H15NO2/c1-6(2)3-4-7-5-8(11)10-9(7)12/h5-6,10-12H,3-4H2,1-2H3. The van der Waals surface area contributed by atoms with Crippen molar-refractivity contribution in [3.63, 3.8) is 0 Å². The summed E-state index contributed by atoms with van der Waals surface area (Å²) >= 11 is 0. The summed E-state index contributed by atoms with van der Waals surface area (Å²) in [6, 6.07) is 1.57. The molecule has 0 aliphatic heterocycles. The molecule has 3 heteroatoms. The molecule has 0 aromatic carbocycles. The number of H-pyrrole nitrogens is 1. The maximum Gasteiger partial charge on any atom is 0.194 e. The van der Waals surface area contributed by atoms with Gasteiger partial charge in [-0.3, -0.25) is 4.98 Å². The van der Waals surface area contributed by atoms with Gasteiger partial charge < -0.3 is 10.2 Å². The number of nitrogens with one attached hydrogen (secondary N) is 1. The number of hydrogen-bond donors (Lipinski definition) is 3. The molecule has 3 nitrogen and oxygen atoms in total. The Labute approximate surface area is 72.1 Å². The lowest BCUT2D eigenvalue weighted by atomic mass is 10.0. The zero-order chi connectivity index (χ0) is 9.14. The first-order valence-electron chi connectivity index (χ1n) is 4.19. The van der Waals surface area contributed by atoms with E-state index in [0.717, 1.165) is 18.4 Å². The Balaban J connectivity index is 2.57. The van der Waals surface area contributed by atoms with Crippen molar-refractivity contribution in [2.24, 2.45) is 5.92 Å². The average Bonchev–Trinajstić information content (AvgIpc) is 2.26. The van der Waals surface area contributed by atoms with E-state index >= 15 is 0 Å². The molecule has 12 heavy (non-hydrogen) atoms. The SMILES string of the molecule is CC(C)CCc1cc(O)[nH]c1O. The highest BCUT2D eigenvalue weighted by atomic mass is 16.3. The van der Waals surface area contributed by atoms with E-state index in [4.69, 9.17) is 5.11 Å². The number of aromatic amines is 1. The van der Waals surface area contributed by atoms with Crippen LogP contribution >= 0.6 is 0 Å². The molecular formula is C9H15NO2. The van der Waals surface area contributed by atoms with Crippen LogP contribution in [0.1, 0.15) is 25.8 Å². The van der Waals surface area contributed by atoms with Crippen molar-refractivity contribution in [1.29, 1.82) is 0 Å². The van der Waals surface area contributed by atoms with E-state index < -0.39 is 0 Å². The van der Waals surface area contributed by atoms with E-state index in [-0.39, 0.29) is 11.8 Å². The van der Waals surface area contributed by atoms with Gasteiger partial charge in [0.15, 0.2) is 11.8 Å². The molecule has 0 saturated carbocycles. The van der Waals surface area contributed by atoms with Gasteiger partial charge in [-0.05, 0) is 18.8 Å². The molecule has 0 unspecified atom stereocenters. The third-order valence-electron chi connectivity index (χ3n) is 1.85. The molecule has 0 bridgehead atoms. The molecule has 0 atom stereocenters. The summed E-state index contributed by atoms with van der Waals surface area (Å²) in [6.07, 6.45) is 1.82. The third kappa shape index (κ3) is 2.19. The van der Waals surface area contributed by atoms with Crippen LogP contribution in [-0.2, 0) is 6.42 Å². The highest BCUT2D eigenvalue weighted by Gasteiger charge is 2.06. The first-order valence-corrected chi connectivity index (χ1v) is 4.19. The lowest BCUT2D eigenvalue weighted by Crippen LogP contribution is -1.90. The quantitative estimate of drug-likeness (QED) is 0.648. The monoisotopic (exact) mass is 169 g/mol. The maximum atomic E-state index is 9.23. The van der Waals surface area contributed by atoms with Crippen molar-refractivity contribution in [2.45, 2.75) is 26.7 Å². The van der Waals surface area contributed by atoms with Gasteiger partial charge in [0.2, 0.25) is 0 Å². The second kappa shape index (κ2) is 3.52. The second-order valence-electron chi connectivity index (χ2n) is 3.46. The molecule has 0 fully saturated rings. The van der Waals surface area contributed by atoms with E-state index in [1.54, 1.807) is 6.07 Å². The van der Waals surface area contributed by atoms with Crippen LogP contribution in [0.25, 0.3) is 0 Å². The Morgan fingerprint density at radius 2 is 2.08 bits per heavy atom. The highest BCUT2D eigenvalue weighted by Crippen LogP contribution is 2.23. The average molecular weight is 169 g/mol. The highest BCUT2D eigenvalue weighted by molar-refractivity contribution is 5.32. The topological polar surface area (TPSA) is 56.2 Å². The van der Waals surface area contributed by atoms with Gasteiger partial charge in [0.25, 0.3) is 0 Å². The molecule has 0 spiro atoms. The minimum absolute atomic E-state index is 0.0336. The predicted octanol–water partition coefficient (Wildman–Crippen LogP) is 2.01. The van der Waals surface area contributed by atoms with Gasteiger partial charge >= 0.3 is 0 Å². The summed E-state index contributed by atoms with van der Waals surface area (Å²) in [4.78, 5) is 2.44. The molecule has 3 N–H and O–H groups in total. The molecule has 68 valence electrons. The fourth-order valence-corrected chi connectivity index (χ4v) is 1.11. The molecule has 0 aliphatic carbocycles. The smallest absolute Gasteiger partial charge is 0.194 e. The molecule has 1 aromatic heterocycles. The van der Waals surface area contributed by atoms with Crippen LogP contribution in [0.4, 0.5) is 0 Å². The van der Waals surface area contributed by atoms with Gasteiger partial charge in [-0.2, -0.15) is 0 Å². The minimum Gasteiger partial charge on any atom is -0.495 e. The zero-order valence-corrected chi connectivity index (χ0v) is 7.46. The molecule has 0 aliphatic rings. The Bertz CT molecular complexity index is 253. The largest absolute Gasteiger partial charge is 0.495 e. The van der Waals surface area contributed by atoms with Crippen molar-refractivity contribution in [3.05, 3.63) is 11.6 Å². The van der Waals surface area contributed by atoms with Crippen molar-refractivity contribution in [1.82, 2.24) is 4.98 Å². The van der Waals surface area contributed by atoms with E-state index in [0.29, 0.717) is 5.92 Å². The fourth-order valence-electron chi connectivity index (χ4n) is 1.11. The predicted molar refractivity (Wildman–Crippen MR) is 47.3 cm³/mol. The normalized spacial score (nSPS) is 10.9. The minimum atomic E-state index is 0.0336. The summed E-state index contributed by atoms with van der Waals surface area (Å²) in [5.74, 6) is 0.737. The van der Waals surface area contributed by atoms with Crippen LogP contribution < -0.4 is 0 Å². The summed E-state index contributed by atoms with van der Waals surface area (Å²) < 4.78 is 0. The molecule has 0 amide bonds. The van der Waals surface area contributed by atoms with Crippen molar-refractivity contribution in [2.75, 3.05) is 0 Å². The van der Waals surface area contributed by atoms with Crippen molar-refractivity contribution in [3.8, 4) is 11.8 Å². The van der Waals surface area contributed by atoms with Gasteiger partial charge in [-0.25, -0.2) is 0 Å². The number of aryl methyl sites for hydroxylation is 1. The van der Waals surface area contributed by atoms with Gasteiger partial charge in [0.05, 0.1) is 0 Å². The summed E-state index contributed by atoms with van der Waals surface area (Å²) in [5, 5.41) is 18.2. The van der Waals surface area contributed by atoms with Crippen LogP contribution in [0.5, 0.6) is 11.8 Å². The number of hydrogen-bond acceptors (Lipinski definition) is 2. The van der Waals surface area contributed by atoms with Gasteiger partial charge in [-0.1, -0.05) is 13.8 Å². The third-order valence-corrected chi connectivity index (χ3v) is 1.85. The number of aromatic hydroxyl groups is 2. The summed E-state index contributed by atoms with van der Waals surface area (Å²) in [5.41, 5.74) is 0.793. The first kappa shape index (κ1) is 8.97. The van der Waals surface area contributed by atoms with Crippen LogP contribution in [0.2, 0.25) is 0 Å². The van der Waals surface area contributed by atoms with Crippen molar-refractivity contribution < 1.29 is 10.2 Å². The number of aromatic nitrogens is 1. The summed E-state index contributed by atoms with van der Waals surface area (Å²) in [6.45, 7) is 4.26. The van der Waals surface area contributed by atoms with Crippen LogP contribution in [0.15, 0.2) is 6.07 Å². The fraction of sp³-hybridized carbons (Fsp3) is 0.556. The van der Waals surface area contributed by atoms with E-state index in [1.807, 2.05) is 0 Å². The lowest BCUT2D eigenvalue weighted by molar-refractivity contribution is 0.422. The Morgan fingerprint density at radius 1 is 1.42 bits per heavy atom. The molecule has 0 radical (unpaired) electrons. The van der Waals surface area contributed by atoms with Crippen LogP contribution in [0, 0.1) is 5.92 Å². The zero-order valence-electron chi connectivity index (χ0n) is 7.46. The van der Waals surface area contributed by atoms with E-state index in [9.17, 15) is 5.11 Å². The van der Waals surface area contributed by atoms with Gasteiger partial charge in [0.1, 0.15) is 0 Å². The molecule has 0 saturated heterocycles. The van der Waals surface area contributed by atoms with Gasteiger partial charge in [0, 0.05) is 11.6 Å². The van der Waals surface area contributed by atoms with Gasteiger partial charge in [-0.15, -0.1) is 0 Å². The maximum absolute atomic E-state index is 9.23. The lowest BCUT2D eigenvalue weighted by Gasteiger charge is -2.01. The molecule has 1 heterocycles. The van der Waals surface area contributed by atoms with Crippen LogP contribution in [-0.4, -0.2) is 15.2 Å². The summed E-state index contributed by atoms with van der Waals surface area (Å²) in [7, 11) is 0. The molecule has 1 aromatic rings. The Hall–Kier alpha value is -1.12. The van der Waals surface area contributed by atoms with Crippen LogP contribution in [0.3, 0.4) is 0 Å². The van der Waals surface area contributed by atoms with E-state index in [1.165, 1.54) is 0 Å². The van der Waals surface area contributed by atoms with Crippen molar-refractivity contribution >= 4 is 0 Å². The van der Waals surface area contributed by atoms with E-state index in [2.05, 4.69) is 18.8 Å². The second-order valence-corrected chi connectivity index (χ2v) is 3.46. The molecule has 1 rings (SSSR count). The molecular weight excluding hydrogens is 154 g/mol. The first-order chi connectivity index (χ1) is 5.59.